The van der Waals surface area contributed by atoms with Crippen molar-refractivity contribution in [2.45, 2.75) is 6.42 Å². The first-order valence-corrected chi connectivity index (χ1v) is 4.15. The van der Waals surface area contributed by atoms with Crippen LogP contribution in [-0.2, 0) is 11.2 Å². The zero-order valence-corrected chi connectivity index (χ0v) is 7.94. The van der Waals surface area contributed by atoms with Gasteiger partial charge in [0.25, 0.3) is 0 Å². The first kappa shape index (κ1) is 10.1. The van der Waals surface area contributed by atoms with E-state index in [1.54, 1.807) is 0 Å². The Morgan fingerprint density at radius 1 is 1.46 bits per heavy atom. The lowest BCUT2D eigenvalue weighted by Crippen LogP contribution is -2.04. The highest BCUT2D eigenvalue weighted by Crippen LogP contribution is 2.19. The zero-order valence-electron chi connectivity index (χ0n) is 6.35. The van der Waals surface area contributed by atoms with E-state index >= 15 is 0 Å². The summed E-state index contributed by atoms with van der Waals surface area (Å²) in [5.41, 5.74) is -0.167. The lowest BCUT2D eigenvalue weighted by Gasteiger charge is -2.01. The monoisotopic (exact) mass is 250 g/mol. The lowest BCUT2D eigenvalue weighted by molar-refractivity contribution is -0.136. The van der Waals surface area contributed by atoms with Crippen molar-refractivity contribution in [1.29, 1.82) is 0 Å². The number of carboxylic acids is 1. The van der Waals surface area contributed by atoms with Crippen molar-refractivity contribution < 1.29 is 18.7 Å². The molecule has 0 fully saturated rings. The Hall–Kier alpha value is -0.970. The second kappa shape index (κ2) is 3.83. The van der Waals surface area contributed by atoms with Crippen LogP contribution in [0.15, 0.2) is 16.6 Å². The molecule has 1 aromatic rings. The van der Waals surface area contributed by atoms with Gasteiger partial charge in [-0.15, -0.1) is 0 Å². The van der Waals surface area contributed by atoms with Crippen LogP contribution in [0.1, 0.15) is 5.56 Å². The van der Waals surface area contributed by atoms with E-state index in [0.717, 1.165) is 6.07 Å². The highest BCUT2D eigenvalue weighted by molar-refractivity contribution is 9.10. The molecule has 0 bridgehead atoms. The summed E-state index contributed by atoms with van der Waals surface area (Å²) in [6, 6.07) is 2.19. The van der Waals surface area contributed by atoms with Gasteiger partial charge < -0.3 is 5.11 Å². The normalized spacial score (nSPS) is 10.1. The van der Waals surface area contributed by atoms with E-state index in [4.69, 9.17) is 5.11 Å². The molecule has 0 aliphatic carbocycles. The van der Waals surface area contributed by atoms with Gasteiger partial charge in [-0.25, -0.2) is 8.78 Å². The highest BCUT2D eigenvalue weighted by atomic mass is 79.9. The first-order chi connectivity index (χ1) is 6.00. The molecular weight excluding hydrogens is 246 g/mol. The van der Waals surface area contributed by atoms with E-state index < -0.39 is 24.0 Å². The number of benzene rings is 1. The molecule has 0 heterocycles. The largest absolute Gasteiger partial charge is 0.481 e. The third-order valence-corrected chi connectivity index (χ3v) is 1.87. The van der Waals surface area contributed by atoms with Crippen molar-refractivity contribution in [3.05, 3.63) is 33.8 Å². The number of halogens is 3. The van der Waals surface area contributed by atoms with Crippen molar-refractivity contribution in [2.75, 3.05) is 0 Å². The summed E-state index contributed by atoms with van der Waals surface area (Å²) in [6.45, 7) is 0. The van der Waals surface area contributed by atoms with Crippen molar-refractivity contribution in [3.8, 4) is 0 Å². The predicted octanol–water partition coefficient (Wildman–Crippen LogP) is 2.35. The molecular formula is C8H5BrF2O2. The minimum absolute atomic E-state index is 0.167. The molecule has 13 heavy (non-hydrogen) atoms. The molecule has 0 amide bonds. The standard InChI is InChI=1S/C8H5BrF2O2/c9-5-1-4(2-7(12)13)8(11)6(10)3-5/h1,3H,2H2,(H,12,13). The molecule has 1 N–H and O–H groups in total. The second-order valence-electron chi connectivity index (χ2n) is 2.43. The molecule has 70 valence electrons. The van der Waals surface area contributed by atoms with Gasteiger partial charge in [-0.3, -0.25) is 4.79 Å². The maximum atomic E-state index is 12.9. The van der Waals surface area contributed by atoms with E-state index in [2.05, 4.69) is 15.9 Å². The van der Waals surface area contributed by atoms with Crippen LogP contribution < -0.4 is 0 Å². The third-order valence-electron chi connectivity index (χ3n) is 1.41. The zero-order chi connectivity index (χ0) is 10.0. The van der Waals surface area contributed by atoms with Crippen LogP contribution >= 0.6 is 15.9 Å². The quantitative estimate of drug-likeness (QED) is 0.819. The van der Waals surface area contributed by atoms with Gasteiger partial charge in [-0.2, -0.15) is 0 Å². The Kier molecular flexibility index (Phi) is 2.98. The van der Waals surface area contributed by atoms with Gasteiger partial charge in [0.2, 0.25) is 0 Å². The molecule has 1 rings (SSSR count). The van der Waals surface area contributed by atoms with Crippen LogP contribution in [0.5, 0.6) is 0 Å². The molecule has 0 atom stereocenters. The molecule has 0 spiro atoms. The fraction of sp³-hybridized carbons (Fsp3) is 0.125. The number of hydrogen-bond acceptors (Lipinski definition) is 1. The van der Waals surface area contributed by atoms with Crippen LogP contribution in [-0.4, -0.2) is 11.1 Å². The third kappa shape index (κ3) is 2.48. The Morgan fingerprint density at radius 2 is 2.08 bits per heavy atom. The summed E-state index contributed by atoms with van der Waals surface area (Å²) >= 11 is 2.94. The molecule has 0 aromatic heterocycles. The van der Waals surface area contributed by atoms with Crippen molar-refractivity contribution in [1.82, 2.24) is 0 Å². The highest BCUT2D eigenvalue weighted by Gasteiger charge is 2.12. The van der Waals surface area contributed by atoms with Crippen LogP contribution in [0.3, 0.4) is 0 Å². The van der Waals surface area contributed by atoms with Gasteiger partial charge in [0.15, 0.2) is 11.6 Å². The number of carboxylic acid groups (broad SMARTS) is 1. The summed E-state index contributed by atoms with van der Waals surface area (Å²) in [4.78, 5) is 10.2. The molecule has 0 radical (unpaired) electrons. The fourth-order valence-electron chi connectivity index (χ4n) is 0.901. The Labute approximate surface area is 81.3 Å². The van der Waals surface area contributed by atoms with Gasteiger partial charge in [-0.05, 0) is 12.1 Å². The second-order valence-corrected chi connectivity index (χ2v) is 3.35. The summed E-state index contributed by atoms with van der Waals surface area (Å²) in [5, 5.41) is 8.37. The molecule has 5 heteroatoms. The molecule has 1 aromatic carbocycles. The Bertz CT molecular complexity index is 352. The summed E-state index contributed by atoms with van der Waals surface area (Å²) in [6.07, 6.45) is -0.526. The van der Waals surface area contributed by atoms with Crippen LogP contribution in [0.4, 0.5) is 8.78 Å². The van der Waals surface area contributed by atoms with Crippen molar-refractivity contribution in [2.24, 2.45) is 0 Å². The predicted molar refractivity (Wildman–Crippen MR) is 45.4 cm³/mol. The summed E-state index contributed by atoms with van der Waals surface area (Å²) < 4.78 is 25.9. The van der Waals surface area contributed by atoms with E-state index in [9.17, 15) is 13.6 Å². The topological polar surface area (TPSA) is 37.3 Å². The first-order valence-electron chi connectivity index (χ1n) is 3.36. The average molecular weight is 251 g/mol. The van der Waals surface area contributed by atoms with Crippen LogP contribution in [0, 0.1) is 11.6 Å². The van der Waals surface area contributed by atoms with E-state index in [0.29, 0.717) is 4.47 Å². The van der Waals surface area contributed by atoms with Gasteiger partial charge in [0, 0.05) is 10.0 Å². The minimum atomic E-state index is -1.20. The van der Waals surface area contributed by atoms with Crippen LogP contribution in [0.25, 0.3) is 0 Å². The van der Waals surface area contributed by atoms with E-state index in [1.165, 1.54) is 6.07 Å². The maximum Gasteiger partial charge on any atom is 0.307 e. The Morgan fingerprint density at radius 3 is 2.62 bits per heavy atom. The lowest BCUT2D eigenvalue weighted by atomic mass is 10.1. The number of rotatable bonds is 2. The molecule has 0 aliphatic rings. The summed E-state index contributed by atoms with van der Waals surface area (Å²) in [7, 11) is 0. The van der Waals surface area contributed by atoms with Gasteiger partial charge in [0.05, 0.1) is 6.42 Å². The van der Waals surface area contributed by atoms with E-state index in [-0.39, 0.29) is 5.56 Å². The number of aliphatic carboxylic acids is 1. The fourth-order valence-corrected chi connectivity index (χ4v) is 1.38. The van der Waals surface area contributed by atoms with Gasteiger partial charge in [0.1, 0.15) is 0 Å². The number of carbonyl (C=O) groups is 1. The number of hydrogen-bond donors (Lipinski definition) is 1. The molecule has 2 nitrogen and oxygen atoms in total. The minimum Gasteiger partial charge on any atom is -0.481 e. The molecule has 0 saturated carbocycles. The summed E-state index contributed by atoms with van der Waals surface area (Å²) in [5.74, 6) is -3.35. The van der Waals surface area contributed by atoms with Crippen molar-refractivity contribution in [3.63, 3.8) is 0 Å². The van der Waals surface area contributed by atoms with Gasteiger partial charge >= 0.3 is 5.97 Å². The Balaban J connectivity index is 3.12. The average Bonchev–Trinajstić information content (AvgIpc) is 1.98. The molecule has 0 saturated heterocycles. The van der Waals surface area contributed by atoms with Crippen molar-refractivity contribution >= 4 is 21.9 Å². The van der Waals surface area contributed by atoms with E-state index in [1.807, 2.05) is 0 Å². The smallest absolute Gasteiger partial charge is 0.307 e. The molecule has 0 unspecified atom stereocenters. The SMILES string of the molecule is O=C(O)Cc1cc(Br)cc(F)c1F. The van der Waals surface area contributed by atoms with Crippen LogP contribution in [0.2, 0.25) is 0 Å². The maximum absolute atomic E-state index is 12.9. The molecule has 0 aliphatic heterocycles. The van der Waals surface area contributed by atoms with Gasteiger partial charge in [-0.1, -0.05) is 15.9 Å².